The number of methoxy groups -OCH3 is 1. The molecule has 7 heteroatoms. The van der Waals surface area contributed by atoms with E-state index in [9.17, 15) is 9.59 Å². The number of furan rings is 1. The number of hydrogen-bond donors (Lipinski definition) is 2. The number of anilines is 1. The number of carbonyl (C=O) groups excluding carboxylic acids is 1. The molecule has 0 aliphatic carbocycles. The van der Waals surface area contributed by atoms with Crippen molar-refractivity contribution in [1.29, 1.82) is 0 Å². The van der Waals surface area contributed by atoms with E-state index in [1.807, 2.05) is 6.92 Å². The van der Waals surface area contributed by atoms with Gasteiger partial charge in [0.1, 0.15) is 17.1 Å². The van der Waals surface area contributed by atoms with Gasteiger partial charge >= 0.3 is 5.97 Å². The number of amides is 1. The predicted octanol–water partition coefficient (Wildman–Crippen LogP) is 3.87. The number of carbonyl (C=O) groups is 2. The Morgan fingerprint density at radius 3 is 2.57 bits per heavy atom. The first-order chi connectivity index (χ1) is 10.9. The Labute approximate surface area is 141 Å². The van der Waals surface area contributed by atoms with Crippen LogP contribution in [0.4, 0.5) is 5.69 Å². The quantitative estimate of drug-likeness (QED) is 0.820. The summed E-state index contributed by atoms with van der Waals surface area (Å²) in [4.78, 5) is 23.5. The van der Waals surface area contributed by atoms with E-state index >= 15 is 0 Å². The van der Waals surface area contributed by atoms with Gasteiger partial charge in [-0.2, -0.15) is 0 Å². The van der Waals surface area contributed by atoms with Crippen molar-refractivity contribution in [2.45, 2.75) is 20.3 Å². The van der Waals surface area contributed by atoms with Gasteiger partial charge in [-0.3, -0.25) is 4.79 Å². The molecule has 0 unspecified atom stereocenters. The van der Waals surface area contributed by atoms with Crippen LogP contribution in [0.2, 0.25) is 0 Å². The molecule has 0 aliphatic heterocycles. The SMILES string of the molecule is CCc1oc(C(=O)Nc2cc(Br)c(C)cc2OC)cc1C(=O)O. The van der Waals surface area contributed by atoms with Crippen LogP contribution in [0.25, 0.3) is 0 Å². The van der Waals surface area contributed by atoms with Crippen molar-refractivity contribution < 1.29 is 23.8 Å². The largest absolute Gasteiger partial charge is 0.495 e. The minimum atomic E-state index is -1.12. The first-order valence-electron chi connectivity index (χ1n) is 6.88. The van der Waals surface area contributed by atoms with Crippen LogP contribution in [-0.2, 0) is 6.42 Å². The molecule has 0 fully saturated rings. The number of halogens is 1. The number of ether oxygens (including phenoxy) is 1. The molecule has 2 aromatic rings. The van der Waals surface area contributed by atoms with E-state index in [0.29, 0.717) is 17.9 Å². The highest BCUT2D eigenvalue weighted by atomic mass is 79.9. The van der Waals surface area contributed by atoms with Crippen molar-refractivity contribution in [2.24, 2.45) is 0 Å². The van der Waals surface area contributed by atoms with Crippen molar-refractivity contribution in [1.82, 2.24) is 0 Å². The summed E-state index contributed by atoms with van der Waals surface area (Å²) in [6.07, 6.45) is 0.383. The Morgan fingerprint density at radius 1 is 1.35 bits per heavy atom. The number of benzene rings is 1. The Hall–Kier alpha value is -2.28. The van der Waals surface area contributed by atoms with Crippen LogP contribution in [0.15, 0.2) is 27.1 Å². The second-order valence-corrected chi connectivity index (χ2v) is 5.72. The summed E-state index contributed by atoms with van der Waals surface area (Å²) in [5, 5.41) is 11.8. The molecule has 0 atom stereocenters. The maximum absolute atomic E-state index is 12.3. The fraction of sp³-hybridized carbons (Fsp3) is 0.250. The zero-order valence-corrected chi connectivity index (χ0v) is 14.5. The van der Waals surface area contributed by atoms with Gasteiger partial charge in [0.25, 0.3) is 5.91 Å². The molecule has 6 nitrogen and oxygen atoms in total. The van der Waals surface area contributed by atoms with Gasteiger partial charge in [-0.25, -0.2) is 4.79 Å². The summed E-state index contributed by atoms with van der Waals surface area (Å²) in [6, 6.07) is 4.72. The molecule has 0 bridgehead atoms. The Kier molecular flexibility index (Phi) is 5.10. The number of rotatable bonds is 5. The molecule has 122 valence electrons. The summed E-state index contributed by atoms with van der Waals surface area (Å²) in [5.41, 5.74) is 1.41. The fourth-order valence-electron chi connectivity index (χ4n) is 2.09. The van der Waals surface area contributed by atoms with Crippen molar-refractivity contribution in [3.8, 4) is 5.75 Å². The highest BCUT2D eigenvalue weighted by Crippen LogP contribution is 2.31. The Morgan fingerprint density at radius 2 is 2.04 bits per heavy atom. The van der Waals surface area contributed by atoms with Gasteiger partial charge < -0.3 is 19.6 Å². The van der Waals surface area contributed by atoms with Gasteiger partial charge in [-0.1, -0.05) is 22.9 Å². The smallest absolute Gasteiger partial charge is 0.339 e. The van der Waals surface area contributed by atoms with E-state index in [2.05, 4.69) is 21.2 Å². The van der Waals surface area contributed by atoms with Crippen LogP contribution in [0.5, 0.6) is 5.75 Å². The highest BCUT2D eigenvalue weighted by molar-refractivity contribution is 9.10. The van der Waals surface area contributed by atoms with Crippen LogP contribution in [-0.4, -0.2) is 24.1 Å². The average Bonchev–Trinajstić information content (AvgIpc) is 2.95. The Bertz CT molecular complexity index is 766. The molecule has 0 aliphatic rings. The zero-order valence-electron chi connectivity index (χ0n) is 12.9. The summed E-state index contributed by atoms with van der Waals surface area (Å²) >= 11 is 3.39. The van der Waals surface area contributed by atoms with Crippen LogP contribution >= 0.6 is 15.9 Å². The van der Waals surface area contributed by atoms with E-state index in [1.165, 1.54) is 13.2 Å². The number of hydrogen-bond acceptors (Lipinski definition) is 4. The van der Waals surface area contributed by atoms with E-state index in [1.54, 1.807) is 19.1 Å². The van der Waals surface area contributed by atoms with Crippen LogP contribution in [0.3, 0.4) is 0 Å². The molecule has 1 amide bonds. The molecule has 0 saturated heterocycles. The molecule has 0 saturated carbocycles. The van der Waals surface area contributed by atoms with Gasteiger partial charge in [-0.05, 0) is 24.6 Å². The molecule has 1 heterocycles. The molecule has 0 radical (unpaired) electrons. The van der Waals surface area contributed by atoms with Crippen molar-refractivity contribution in [2.75, 3.05) is 12.4 Å². The summed E-state index contributed by atoms with van der Waals surface area (Å²) in [5.74, 6) is -0.959. The third-order valence-corrected chi connectivity index (χ3v) is 4.17. The normalized spacial score (nSPS) is 10.4. The lowest BCUT2D eigenvalue weighted by atomic mass is 10.2. The minimum Gasteiger partial charge on any atom is -0.495 e. The van der Waals surface area contributed by atoms with Gasteiger partial charge in [0.2, 0.25) is 0 Å². The molecule has 1 aromatic carbocycles. The lowest BCUT2D eigenvalue weighted by molar-refractivity contribution is 0.0694. The van der Waals surface area contributed by atoms with E-state index < -0.39 is 11.9 Å². The second kappa shape index (κ2) is 6.87. The highest BCUT2D eigenvalue weighted by Gasteiger charge is 2.21. The van der Waals surface area contributed by atoms with Gasteiger partial charge in [0, 0.05) is 17.0 Å². The fourth-order valence-corrected chi connectivity index (χ4v) is 2.43. The Balaban J connectivity index is 2.33. The zero-order chi connectivity index (χ0) is 17.1. The molecule has 2 N–H and O–H groups in total. The van der Waals surface area contributed by atoms with E-state index in [4.69, 9.17) is 14.3 Å². The number of aryl methyl sites for hydroxylation is 2. The number of aromatic carboxylic acids is 1. The summed E-state index contributed by atoms with van der Waals surface area (Å²) in [7, 11) is 1.50. The molecule has 2 rings (SSSR count). The monoisotopic (exact) mass is 381 g/mol. The third kappa shape index (κ3) is 3.56. The van der Waals surface area contributed by atoms with Crippen LogP contribution < -0.4 is 10.1 Å². The van der Waals surface area contributed by atoms with Gasteiger partial charge in [0.05, 0.1) is 12.8 Å². The maximum Gasteiger partial charge on any atom is 0.339 e. The molecule has 0 spiro atoms. The topological polar surface area (TPSA) is 88.8 Å². The standard InChI is InChI=1S/C16H16BrNO5/c1-4-12-9(16(20)21)6-14(23-12)15(19)18-11-7-10(17)8(2)5-13(11)22-3/h5-7H,4H2,1-3H3,(H,18,19)(H,20,21). The van der Waals surface area contributed by atoms with E-state index in [-0.39, 0.29) is 17.1 Å². The maximum atomic E-state index is 12.3. The van der Waals surface area contributed by atoms with Crippen molar-refractivity contribution in [3.05, 3.63) is 45.3 Å². The van der Waals surface area contributed by atoms with E-state index in [0.717, 1.165) is 10.0 Å². The number of carboxylic acids is 1. The first-order valence-corrected chi connectivity index (χ1v) is 7.68. The summed E-state index contributed by atoms with van der Waals surface area (Å²) < 4.78 is 11.4. The van der Waals surface area contributed by atoms with Crippen LogP contribution in [0, 0.1) is 6.92 Å². The molecule has 23 heavy (non-hydrogen) atoms. The van der Waals surface area contributed by atoms with Crippen molar-refractivity contribution >= 4 is 33.5 Å². The third-order valence-electron chi connectivity index (χ3n) is 3.31. The minimum absolute atomic E-state index is 0.00491. The summed E-state index contributed by atoms with van der Waals surface area (Å²) in [6.45, 7) is 3.66. The second-order valence-electron chi connectivity index (χ2n) is 4.86. The molecular formula is C16H16BrNO5. The first kappa shape index (κ1) is 17.1. The molecule has 1 aromatic heterocycles. The van der Waals surface area contributed by atoms with Gasteiger partial charge in [0.15, 0.2) is 5.76 Å². The lowest BCUT2D eigenvalue weighted by Gasteiger charge is -2.11. The lowest BCUT2D eigenvalue weighted by Crippen LogP contribution is -2.12. The predicted molar refractivity (Wildman–Crippen MR) is 88.4 cm³/mol. The number of nitrogens with one attached hydrogen (secondary N) is 1. The number of carboxylic acid groups (broad SMARTS) is 1. The van der Waals surface area contributed by atoms with Gasteiger partial charge in [-0.15, -0.1) is 0 Å². The average molecular weight is 382 g/mol. The van der Waals surface area contributed by atoms with Crippen LogP contribution in [0.1, 0.15) is 39.2 Å². The molecular weight excluding hydrogens is 366 g/mol. The van der Waals surface area contributed by atoms with Crippen molar-refractivity contribution in [3.63, 3.8) is 0 Å².